The molecule has 5 heteroatoms. The van der Waals surface area contributed by atoms with Crippen LogP contribution in [0, 0.1) is 0 Å². The summed E-state index contributed by atoms with van der Waals surface area (Å²) in [5.41, 5.74) is 1.61. The maximum Gasteiger partial charge on any atom is 0.173 e. The second-order valence-corrected chi connectivity index (χ2v) is 6.49. The van der Waals surface area contributed by atoms with E-state index in [4.69, 9.17) is 12.2 Å². The lowest BCUT2D eigenvalue weighted by Crippen LogP contribution is -2.37. The quantitative estimate of drug-likeness (QED) is 0.588. The van der Waals surface area contributed by atoms with E-state index in [0.29, 0.717) is 23.8 Å². The topological polar surface area (TPSA) is 55.7 Å². The number of hydrogen-bond acceptors (Lipinski definition) is 3. The van der Waals surface area contributed by atoms with E-state index in [2.05, 4.69) is 23.5 Å². The monoisotopic (exact) mass is 366 g/mol. The number of aliphatic hydroxyl groups is 1. The summed E-state index contributed by atoms with van der Waals surface area (Å²) in [6.07, 6.45) is -0.741. The predicted molar refractivity (Wildman–Crippen MR) is 110 cm³/mol. The molecular formula is C21H22N2O2S. The molecule has 0 saturated heterocycles. The van der Waals surface area contributed by atoms with Crippen LogP contribution in [0.5, 0.6) is 5.75 Å². The molecule has 3 rings (SSSR count). The Morgan fingerprint density at radius 3 is 2.58 bits per heavy atom. The zero-order valence-electron chi connectivity index (χ0n) is 14.6. The summed E-state index contributed by atoms with van der Waals surface area (Å²) in [7, 11) is 0. The Kier molecular flexibility index (Phi) is 5.71. The number of rotatable bonds is 5. The average molecular weight is 366 g/mol. The molecule has 0 heterocycles. The number of aliphatic hydroxyl groups excluding tert-OH is 1. The fourth-order valence-electron chi connectivity index (χ4n) is 2.93. The molecule has 1 atom stereocenters. The van der Waals surface area contributed by atoms with Crippen molar-refractivity contribution in [3.8, 4) is 5.75 Å². The third kappa shape index (κ3) is 4.12. The largest absolute Gasteiger partial charge is 0.508 e. The van der Waals surface area contributed by atoms with Crippen LogP contribution >= 0.6 is 12.2 Å². The number of nitrogens with one attached hydrogen (secondary N) is 1. The molecule has 1 unspecified atom stereocenters. The highest BCUT2D eigenvalue weighted by molar-refractivity contribution is 7.80. The van der Waals surface area contributed by atoms with E-state index in [-0.39, 0.29) is 5.75 Å². The number of phenolic OH excluding ortho intramolecular Hbond substituents is 1. The van der Waals surface area contributed by atoms with Gasteiger partial charge in [-0.3, -0.25) is 0 Å². The van der Waals surface area contributed by atoms with Crippen LogP contribution in [-0.4, -0.2) is 33.3 Å². The van der Waals surface area contributed by atoms with Gasteiger partial charge in [0.25, 0.3) is 0 Å². The minimum Gasteiger partial charge on any atom is -0.508 e. The SMILES string of the molecule is CCN(CC(O)c1cccc(O)c1)C(=S)Nc1cccc2ccccc12. The molecule has 134 valence electrons. The maximum absolute atomic E-state index is 10.5. The minimum absolute atomic E-state index is 0.140. The number of anilines is 1. The number of thiocarbonyl (C=S) groups is 1. The first-order valence-electron chi connectivity index (χ1n) is 8.59. The van der Waals surface area contributed by atoms with Crippen LogP contribution in [0.1, 0.15) is 18.6 Å². The summed E-state index contributed by atoms with van der Waals surface area (Å²) in [5.74, 6) is 0.140. The first-order valence-corrected chi connectivity index (χ1v) is 9.00. The molecule has 0 aliphatic heterocycles. The van der Waals surface area contributed by atoms with E-state index >= 15 is 0 Å². The van der Waals surface area contributed by atoms with Gasteiger partial charge in [-0.05, 0) is 48.3 Å². The van der Waals surface area contributed by atoms with E-state index in [0.717, 1.165) is 16.5 Å². The standard InChI is InChI=1S/C21H22N2O2S/c1-2-23(14-20(25)16-9-5-10-17(24)13-16)21(26)22-19-12-6-8-15-7-3-4-11-18(15)19/h3-13,20,24-25H,2,14H2,1H3,(H,22,26). The third-order valence-electron chi connectivity index (χ3n) is 4.35. The van der Waals surface area contributed by atoms with E-state index in [1.165, 1.54) is 0 Å². The smallest absolute Gasteiger partial charge is 0.173 e. The van der Waals surface area contributed by atoms with Crippen LogP contribution < -0.4 is 5.32 Å². The molecule has 26 heavy (non-hydrogen) atoms. The van der Waals surface area contributed by atoms with Gasteiger partial charge in [0.1, 0.15) is 5.75 Å². The van der Waals surface area contributed by atoms with Crippen LogP contribution in [0.4, 0.5) is 5.69 Å². The Morgan fingerprint density at radius 2 is 1.81 bits per heavy atom. The molecule has 0 bridgehead atoms. The molecule has 0 aromatic heterocycles. The predicted octanol–water partition coefficient (Wildman–Crippen LogP) is 4.30. The molecule has 4 nitrogen and oxygen atoms in total. The van der Waals surface area contributed by atoms with Crippen molar-refractivity contribution in [3.63, 3.8) is 0 Å². The number of benzene rings is 3. The van der Waals surface area contributed by atoms with Crippen LogP contribution in [0.15, 0.2) is 66.7 Å². The zero-order valence-corrected chi connectivity index (χ0v) is 15.4. The van der Waals surface area contributed by atoms with Gasteiger partial charge in [0, 0.05) is 17.6 Å². The second-order valence-electron chi connectivity index (χ2n) is 6.11. The van der Waals surface area contributed by atoms with E-state index in [9.17, 15) is 10.2 Å². The van der Waals surface area contributed by atoms with Crippen molar-refractivity contribution in [2.45, 2.75) is 13.0 Å². The van der Waals surface area contributed by atoms with E-state index < -0.39 is 6.10 Å². The fourth-order valence-corrected chi connectivity index (χ4v) is 3.24. The van der Waals surface area contributed by atoms with Gasteiger partial charge in [0.15, 0.2) is 5.11 Å². The molecular weight excluding hydrogens is 344 g/mol. The highest BCUT2D eigenvalue weighted by Gasteiger charge is 2.16. The second kappa shape index (κ2) is 8.17. The summed E-state index contributed by atoms with van der Waals surface area (Å²) in [6.45, 7) is 3.00. The van der Waals surface area contributed by atoms with Crippen molar-refractivity contribution in [3.05, 3.63) is 72.3 Å². The van der Waals surface area contributed by atoms with Crippen molar-refractivity contribution in [1.29, 1.82) is 0 Å². The molecule has 3 aromatic carbocycles. The maximum atomic E-state index is 10.5. The number of aromatic hydroxyl groups is 1. The van der Waals surface area contributed by atoms with Gasteiger partial charge in [0.2, 0.25) is 0 Å². The van der Waals surface area contributed by atoms with Gasteiger partial charge in [-0.25, -0.2) is 0 Å². The zero-order chi connectivity index (χ0) is 18.5. The molecule has 0 saturated carbocycles. The molecule has 0 aliphatic carbocycles. The van der Waals surface area contributed by atoms with Gasteiger partial charge in [-0.15, -0.1) is 0 Å². The highest BCUT2D eigenvalue weighted by atomic mass is 32.1. The van der Waals surface area contributed by atoms with Crippen LogP contribution in [0.2, 0.25) is 0 Å². The Balaban J connectivity index is 1.74. The summed E-state index contributed by atoms with van der Waals surface area (Å²) in [6, 6.07) is 20.8. The van der Waals surface area contributed by atoms with Crippen molar-refractivity contribution < 1.29 is 10.2 Å². The molecule has 0 fully saturated rings. The molecule has 0 amide bonds. The normalized spacial score (nSPS) is 11.9. The van der Waals surface area contributed by atoms with E-state index in [1.807, 2.05) is 36.1 Å². The van der Waals surface area contributed by atoms with Crippen molar-refractivity contribution >= 4 is 33.8 Å². The number of hydrogen-bond donors (Lipinski definition) is 3. The lowest BCUT2D eigenvalue weighted by atomic mass is 10.1. The van der Waals surface area contributed by atoms with Crippen molar-refractivity contribution in [1.82, 2.24) is 4.90 Å². The average Bonchev–Trinajstić information content (AvgIpc) is 2.66. The molecule has 3 N–H and O–H groups in total. The molecule has 0 spiro atoms. The summed E-state index contributed by atoms with van der Waals surface area (Å²) in [4.78, 5) is 1.91. The highest BCUT2D eigenvalue weighted by Crippen LogP contribution is 2.24. The van der Waals surface area contributed by atoms with Gasteiger partial charge in [-0.2, -0.15) is 0 Å². The van der Waals surface area contributed by atoms with Gasteiger partial charge < -0.3 is 20.4 Å². The lowest BCUT2D eigenvalue weighted by molar-refractivity contribution is 0.146. The van der Waals surface area contributed by atoms with Gasteiger partial charge in [-0.1, -0.05) is 48.5 Å². The Morgan fingerprint density at radius 1 is 1.08 bits per heavy atom. The van der Waals surface area contributed by atoms with Crippen LogP contribution in [0.3, 0.4) is 0 Å². The number of fused-ring (bicyclic) bond motifs is 1. The Hall–Kier alpha value is -2.63. The van der Waals surface area contributed by atoms with Crippen molar-refractivity contribution in [2.75, 3.05) is 18.4 Å². The summed E-state index contributed by atoms with van der Waals surface area (Å²) in [5, 5.41) is 26.2. The first-order chi connectivity index (χ1) is 12.6. The number of phenols is 1. The summed E-state index contributed by atoms with van der Waals surface area (Å²) >= 11 is 5.57. The Bertz CT molecular complexity index is 908. The van der Waals surface area contributed by atoms with Crippen LogP contribution in [-0.2, 0) is 0 Å². The molecule has 0 radical (unpaired) electrons. The molecule has 0 aliphatic rings. The fraction of sp³-hybridized carbons (Fsp3) is 0.190. The van der Waals surface area contributed by atoms with Crippen LogP contribution in [0.25, 0.3) is 10.8 Å². The lowest BCUT2D eigenvalue weighted by Gasteiger charge is -2.27. The molecule has 3 aromatic rings. The third-order valence-corrected chi connectivity index (χ3v) is 4.71. The summed E-state index contributed by atoms with van der Waals surface area (Å²) < 4.78 is 0. The van der Waals surface area contributed by atoms with E-state index in [1.54, 1.807) is 24.3 Å². The number of nitrogens with zero attached hydrogens (tertiary/aromatic N) is 1. The van der Waals surface area contributed by atoms with Crippen molar-refractivity contribution in [2.24, 2.45) is 0 Å². The minimum atomic E-state index is -0.741. The van der Waals surface area contributed by atoms with Gasteiger partial charge in [0.05, 0.1) is 12.6 Å². The van der Waals surface area contributed by atoms with Gasteiger partial charge >= 0.3 is 0 Å². The Labute approximate surface area is 158 Å². The first kappa shape index (κ1) is 18.2. The number of likely N-dealkylation sites (N-methyl/N-ethyl adjacent to an activating group) is 1.